The van der Waals surface area contributed by atoms with E-state index in [9.17, 15) is 9.18 Å². The van der Waals surface area contributed by atoms with Crippen molar-refractivity contribution in [3.8, 4) is 0 Å². The number of para-hydroxylation sites is 1. The molecule has 1 aliphatic carbocycles. The molecule has 140 valence electrons. The van der Waals surface area contributed by atoms with Gasteiger partial charge in [-0.25, -0.2) is 9.37 Å². The van der Waals surface area contributed by atoms with Crippen molar-refractivity contribution in [1.82, 2.24) is 9.97 Å². The Kier molecular flexibility index (Phi) is 5.30. The maximum Gasteiger partial charge on any atom is 0.258 e. The third-order valence-electron chi connectivity index (χ3n) is 5.58. The first kappa shape index (κ1) is 17.9. The van der Waals surface area contributed by atoms with E-state index in [-0.39, 0.29) is 11.4 Å². The van der Waals surface area contributed by atoms with Crippen LogP contribution in [0.3, 0.4) is 0 Å². The van der Waals surface area contributed by atoms with Crippen molar-refractivity contribution >= 4 is 10.9 Å². The minimum atomic E-state index is -0.210. The second kappa shape index (κ2) is 8.01. The SMILES string of the molecule is O=c1[nH]c(C[NH+](Cc2ccc(F)cc2)C2CCCCC2)nc2ccccc12. The summed E-state index contributed by atoms with van der Waals surface area (Å²) in [7, 11) is 0. The van der Waals surface area contributed by atoms with Crippen LogP contribution in [0.5, 0.6) is 0 Å². The summed E-state index contributed by atoms with van der Waals surface area (Å²) in [6, 6.07) is 14.7. The summed E-state index contributed by atoms with van der Waals surface area (Å²) in [5.41, 5.74) is 1.77. The highest BCUT2D eigenvalue weighted by molar-refractivity contribution is 5.77. The average Bonchev–Trinajstić information content (AvgIpc) is 2.70. The second-order valence-corrected chi connectivity index (χ2v) is 7.50. The number of quaternary nitrogens is 1. The van der Waals surface area contributed by atoms with Crippen molar-refractivity contribution in [3.63, 3.8) is 0 Å². The first-order valence-electron chi connectivity index (χ1n) is 9.76. The number of rotatable bonds is 5. The van der Waals surface area contributed by atoms with Crippen LogP contribution in [0.1, 0.15) is 43.5 Å². The molecule has 2 N–H and O–H groups in total. The van der Waals surface area contributed by atoms with Gasteiger partial charge in [-0.15, -0.1) is 0 Å². The zero-order valence-corrected chi connectivity index (χ0v) is 15.4. The molecular weight excluding hydrogens is 341 g/mol. The fourth-order valence-corrected chi connectivity index (χ4v) is 4.16. The summed E-state index contributed by atoms with van der Waals surface area (Å²) in [6.45, 7) is 1.48. The molecule has 1 aliphatic rings. The second-order valence-electron chi connectivity index (χ2n) is 7.50. The number of nitrogens with one attached hydrogen (secondary N) is 2. The lowest BCUT2D eigenvalue weighted by Gasteiger charge is -2.31. The molecule has 4 rings (SSSR count). The summed E-state index contributed by atoms with van der Waals surface area (Å²) in [5.74, 6) is 0.514. The first-order valence-corrected chi connectivity index (χ1v) is 9.76. The Labute approximate surface area is 158 Å². The number of hydrogen-bond acceptors (Lipinski definition) is 2. The van der Waals surface area contributed by atoms with Crippen molar-refractivity contribution in [2.45, 2.75) is 51.2 Å². The van der Waals surface area contributed by atoms with E-state index in [4.69, 9.17) is 4.98 Å². The van der Waals surface area contributed by atoms with E-state index in [1.807, 2.05) is 30.3 Å². The van der Waals surface area contributed by atoms with Crippen LogP contribution in [-0.2, 0) is 13.1 Å². The largest absolute Gasteiger partial charge is 0.322 e. The number of H-pyrrole nitrogens is 1. The van der Waals surface area contributed by atoms with Gasteiger partial charge in [0, 0.05) is 5.56 Å². The van der Waals surface area contributed by atoms with E-state index in [2.05, 4.69) is 4.98 Å². The molecule has 0 saturated heterocycles. The fourth-order valence-electron chi connectivity index (χ4n) is 4.16. The Morgan fingerprint density at radius 3 is 2.52 bits per heavy atom. The maximum atomic E-state index is 13.3. The van der Waals surface area contributed by atoms with Crippen LogP contribution in [0.2, 0.25) is 0 Å². The van der Waals surface area contributed by atoms with Gasteiger partial charge in [-0.3, -0.25) is 4.79 Å². The van der Waals surface area contributed by atoms with E-state index in [0.29, 0.717) is 18.0 Å². The van der Waals surface area contributed by atoms with E-state index in [0.717, 1.165) is 23.4 Å². The predicted molar refractivity (Wildman–Crippen MR) is 104 cm³/mol. The minimum Gasteiger partial charge on any atom is -0.322 e. The molecule has 1 atom stereocenters. The molecule has 0 amide bonds. The lowest BCUT2D eigenvalue weighted by molar-refractivity contribution is -0.954. The Bertz CT molecular complexity index is 961. The minimum absolute atomic E-state index is 0.0830. The van der Waals surface area contributed by atoms with E-state index >= 15 is 0 Å². The van der Waals surface area contributed by atoms with Gasteiger partial charge in [-0.2, -0.15) is 0 Å². The monoisotopic (exact) mass is 366 g/mol. The van der Waals surface area contributed by atoms with Crippen LogP contribution >= 0.6 is 0 Å². The molecule has 0 radical (unpaired) electrons. The molecular formula is C22H25FN3O+. The van der Waals surface area contributed by atoms with E-state index in [1.54, 1.807) is 6.07 Å². The Morgan fingerprint density at radius 2 is 1.74 bits per heavy atom. The third-order valence-corrected chi connectivity index (χ3v) is 5.58. The molecule has 4 nitrogen and oxygen atoms in total. The lowest BCUT2D eigenvalue weighted by Crippen LogP contribution is -3.13. The van der Waals surface area contributed by atoms with Gasteiger partial charge >= 0.3 is 0 Å². The topological polar surface area (TPSA) is 50.2 Å². The summed E-state index contributed by atoms with van der Waals surface area (Å²) in [5, 5.41) is 0.624. The number of aromatic amines is 1. The van der Waals surface area contributed by atoms with Crippen molar-refractivity contribution in [2.75, 3.05) is 0 Å². The highest BCUT2D eigenvalue weighted by atomic mass is 19.1. The highest BCUT2D eigenvalue weighted by Crippen LogP contribution is 2.16. The molecule has 0 spiro atoms. The van der Waals surface area contributed by atoms with Crippen molar-refractivity contribution in [1.29, 1.82) is 0 Å². The number of benzene rings is 2. The molecule has 0 bridgehead atoms. The average molecular weight is 366 g/mol. The van der Waals surface area contributed by atoms with Gasteiger partial charge in [-0.05, 0) is 49.9 Å². The van der Waals surface area contributed by atoms with Gasteiger partial charge < -0.3 is 9.88 Å². The van der Waals surface area contributed by atoms with Gasteiger partial charge in [0.25, 0.3) is 5.56 Å². The summed E-state index contributed by atoms with van der Waals surface area (Å²) < 4.78 is 13.3. The Morgan fingerprint density at radius 1 is 1.00 bits per heavy atom. The molecule has 1 fully saturated rings. The van der Waals surface area contributed by atoms with Crippen molar-refractivity contribution < 1.29 is 9.29 Å². The molecule has 1 saturated carbocycles. The van der Waals surface area contributed by atoms with Gasteiger partial charge in [0.15, 0.2) is 5.82 Å². The van der Waals surface area contributed by atoms with Crippen LogP contribution < -0.4 is 10.5 Å². The quantitative estimate of drug-likeness (QED) is 0.729. The molecule has 1 unspecified atom stereocenters. The molecule has 2 aromatic carbocycles. The molecule has 5 heteroatoms. The molecule has 0 aliphatic heterocycles. The Hall–Kier alpha value is -2.53. The van der Waals surface area contributed by atoms with E-state index in [1.165, 1.54) is 49.1 Å². The van der Waals surface area contributed by atoms with Crippen LogP contribution in [0.4, 0.5) is 4.39 Å². The van der Waals surface area contributed by atoms with Crippen molar-refractivity contribution in [3.05, 3.63) is 76.1 Å². The number of fused-ring (bicyclic) bond motifs is 1. The summed E-state index contributed by atoms with van der Waals surface area (Å²) in [6.07, 6.45) is 6.17. The normalized spacial score (nSPS) is 16.5. The lowest BCUT2D eigenvalue weighted by atomic mass is 9.93. The van der Waals surface area contributed by atoms with E-state index < -0.39 is 0 Å². The number of halogens is 1. The van der Waals surface area contributed by atoms with Crippen LogP contribution in [0.15, 0.2) is 53.3 Å². The first-order chi connectivity index (χ1) is 13.2. The fraction of sp³-hybridized carbons (Fsp3) is 0.364. The zero-order chi connectivity index (χ0) is 18.6. The summed E-state index contributed by atoms with van der Waals surface area (Å²) in [4.78, 5) is 21.5. The predicted octanol–water partition coefficient (Wildman–Crippen LogP) is 2.98. The number of nitrogens with zero attached hydrogens (tertiary/aromatic N) is 1. The third kappa shape index (κ3) is 4.25. The van der Waals surface area contributed by atoms with Gasteiger partial charge in [0.05, 0.1) is 16.9 Å². The van der Waals surface area contributed by atoms with Gasteiger partial charge in [0.2, 0.25) is 0 Å². The standard InChI is InChI=1S/C22H24FN3O/c23-17-12-10-16(11-13-17)14-26(18-6-2-1-3-7-18)15-21-24-20-9-5-4-8-19(20)22(27)25-21/h4-5,8-13,18H,1-3,6-7,14-15H2,(H,24,25,27)/p+1. The number of hydrogen-bond donors (Lipinski definition) is 2. The van der Waals surface area contributed by atoms with Gasteiger partial charge in [0.1, 0.15) is 18.9 Å². The Balaban J connectivity index is 1.61. The maximum absolute atomic E-state index is 13.3. The zero-order valence-electron chi connectivity index (χ0n) is 15.4. The molecule has 1 heterocycles. The van der Waals surface area contributed by atoms with Crippen LogP contribution in [-0.4, -0.2) is 16.0 Å². The van der Waals surface area contributed by atoms with Crippen molar-refractivity contribution in [2.24, 2.45) is 0 Å². The molecule has 27 heavy (non-hydrogen) atoms. The summed E-state index contributed by atoms with van der Waals surface area (Å²) >= 11 is 0. The van der Waals surface area contributed by atoms with Gasteiger partial charge in [-0.1, -0.05) is 30.7 Å². The number of aromatic nitrogens is 2. The van der Waals surface area contributed by atoms with Crippen LogP contribution in [0.25, 0.3) is 10.9 Å². The molecule has 3 aromatic rings. The molecule has 1 aromatic heterocycles. The van der Waals surface area contributed by atoms with Crippen LogP contribution in [0, 0.1) is 5.82 Å². The smallest absolute Gasteiger partial charge is 0.258 e. The highest BCUT2D eigenvalue weighted by Gasteiger charge is 2.26.